The molecule has 0 aliphatic heterocycles. The van der Waals surface area contributed by atoms with Crippen LogP contribution in [0.2, 0.25) is 0 Å². The highest BCUT2D eigenvalue weighted by molar-refractivity contribution is 7.13. The van der Waals surface area contributed by atoms with Gasteiger partial charge < -0.3 is 9.15 Å². The van der Waals surface area contributed by atoms with Crippen molar-refractivity contribution in [1.82, 2.24) is 9.97 Å². The molecule has 0 fully saturated rings. The van der Waals surface area contributed by atoms with Gasteiger partial charge in [-0.3, -0.25) is 0 Å². The van der Waals surface area contributed by atoms with Gasteiger partial charge in [-0.05, 0) is 23.6 Å². The maximum Gasteiger partial charge on any atom is 0.357 e. The molecule has 20 heavy (non-hydrogen) atoms. The number of pyridine rings is 1. The highest BCUT2D eigenvalue weighted by Gasteiger charge is 2.11. The number of thiophene rings is 1. The molecule has 0 bridgehead atoms. The quantitative estimate of drug-likeness (QED) is 0.689. The number of carbonyl (C=O) groups is 1. The number of ether oxygens (including phenoxy) is 1. The molecule has 0 saturated carbocycles. The summed E-state index contributed by atoms with van der Waals surface area (Å²) < 4.78 is 10.5. The number of nitrogens with zero attached hydrogens (tertiary/aromatic N) is 2. The number of carbonyl (C=O) groups excluding carboxylic acids is 1. The van der Waals surface area contributed by atoms with Gasteiger partial charge >= 0.3 is 5.97 Å². The normalized spacial score (nSPS) is 10.4. The number of esters is 1. The lowest BCUT2D eigenvalue weighted by Gasteiger charge is -2.00. The number of hydrogen-bond acceptors (Lipinski definition) is 6. The third kappa shape index (κ3) is 2.75. The summed E-state index contributed by atoms with van der Waals surface area (Å²) in [6.45, 7) is 0.0598. The van der Waals surface area contributed by atoms with E-state index in [1.165, 1.54) is 17.6 Å². The molecule has 0 aliphatic rings. The van der Waals surface area contributed by atoms with Crippen LogP contribution in [0.3, 0.4) is 0 Å². The largest absolute Gasteiger partial charge is 0.454 e. The molecule has 0 saturated heterocycles. The Bertz CT molecular complexity index is 692. The van der Waals surface area contributed by atoms with Crippen LogP contribution in [0, 0.1) is 0 Å². The molecule has 100 valence electrons. The highest BCUT2D eigenvalue weighted by atomic mass is 32.1. The van der Waals surface area contributed by atoms with Gasteiger partial charge in [0.05, 0.1) is 4.88 Å². The third-order valence-electron chi connectivity index (χ3n) is 2.51. The minimum absolute atomic E-state index is 0.0598. The fourth-order valence-electron chi connectivity index (χ4n) is 1.58. The predicted molar refractivity (Wildman–Crippen MR) is 73.2 cm³/mol. The summed E-state index contributed by atoms with van der Waals surface area (Å²) in [5.74, 6) is 0.0511. The molecule has 3 rings (SSSR count). The van der Waals surface area contributed by atoms with E-state index in [9.17, 15) is 4.79 Å². The highest BCUT2D eigenvalue weighted by Crippen LogP contribution is 2.23. The molecule has 0 radical (unpaired) electrons. The van der Waals surface area contributed by atoms with Crippen molar-refractivity contribution in [2.75, 3.05) is 0 Å². The lowest BCUT2D eigenvalue weighted by atomic mass is 10.3. The van der Waals surface area contributed by atoms with Gasteiger partial charge in [-0.25, -0.2) is 14.8 Å². The standard InChI is InChI=1S/C14H10N2O3S/c17-14(11-4-1-2-6-15-11)19-9-10-8-18-13(16-10)12-5-3-7-20-12/h1-8H,9H2. The first-order valence-corrected chi connectivity index (χ1v) is 6.77. The molecule has 0 spiro atoms. The Labute approximate surface area is 118 Å². The lowest BCUT2D eigenvalue weighted by Crippen LogP contribution is -2.07. The second kappa shape index (κ2) is 5.66. The maximum atomic E-state index is 11.7. The smallest absolute Gasteiger partial charge is 0.357 e. The molecule has 5 nitrogen and oxygen atoms in total. The SMILES string of the molecule is O=C(OCc1coc(-c2cccs2)n1)c1ccccn1. The van der Waals surface area contributed by atoms with E-state index in [1.807, 2.05) is 17.5 Å². The van der Waals surface area contributed by atoms with Crippen LogP contribution in [0.1, 0.15) is 16.2 Å². The minimum Gasteiger partial charge on any atom is -0.454 e. The topological polar surface area (TPSA) is 65.2 Å². The Morgan fingerprint density at radius 2 is 2.25 bits per heavy atom. The molecule has 0 aliphatic carbocycles. The van der Waals surface area contributed by atoms with Crippen molar-refractivity contribution in [3.05, 3.63) is 59.6 Å². The van der Waals surface area contributed by atoms with Crippen molar-refractivity contribution in [1.29, 1.82) is 0 Å². The minimum atomic E-state index is -0.480. The molecule has 3 aromatic heterocycles. The summed E-state index contributed by atoms with van der Waals surface area (Å²) in [5.41, 5.74) is 0.840. The fraction of sp³-hybridized carbons (Fsp3) is 0.0714. The van der Waals surface area contributed by atoms with E-state index < -0.39 is 5.97 Å². The molecule has 0 aromatic carbocycles. The van der Waals surface area contributed by atoms with Gasteiger partial charge in [0.15, 0.2) is 0 Å². The van der Waals surface area contributed by atoms with Crippen LogP contribution >= 0.6 is 11.3 Å². The second-order valence-corrected chi connectivity index (χ2v) is 4.86. The Balaban J connectivity index is 1.63. The average molecular weight is 286 g/mol. The molecule has 0 unspecified atom stereocenters. The third-order valence-corrected chi connectivity index (χ3v) is 3.37. The van der Waals surface area contributed by atoms with E-state index in [4.69, 9.17) is 9.15 Å². The monoisotopic (exact) mass is 286 g/mol. The fourth-order valence-corrected chi connectivity index (χ4v) is 2.24. The number of aromatic nitrogens is 2. The van der Waals surface area contributed by atoms with E-state index in [0.717, 1.165) is 4.88 Å². The van der Waals surface area contributed by atoms with Crippen LogP contribution in [0.4, 0.5) is 0 Å². The van der Waals surface area contributed by atoms with Crippen LogP contribution in [0.15, 0.2) is 52.6 Å². The zero-order valence-electron chi connectivity index (χ0n) is 10.4. The van der Waals surface area contributed by atoms with Gasteiger partial charge in [0.2, 0.25) is 5.89 Å². The Kier molecular flexibility index (Phi) is 3.56. The number of hydrogen-bond donors (Lipinski definition) is 0. The Morgan fingerprint density at radius 3 is 3.00 bits per heavy atom. The van der Waals surface area contributed by atoms with E-state index >= 15 is 0 Å². The molecule has 3 heterocycles. The maximum absolute atomic E-state index is 11.7. The van der Waals surface area contributed by atoms with E-state index in [-0.39, 0.29) is 12.3 Å². The van der Waals surface area contributed by atoms with E-state index in [2.05, 4.69) is 9.97 Å². The summed E-state index contributed by atoms with van der Waals surface area (Å²) in [5, 5.41) is 1.94. The second-order valence-electron chi connectivity index (χ2n) is 3.91. The van der Waals surface area contributed by atoms with Crippen molar-refractivity contribution < 1.29 is 13.9 Å². The van der Waals surface area contributed by atoms with Gasteiger partial charge in [-0.2, -0.15) is 0 Å². The van der Waals surface area contributed by atoms with Gasteiger partial charge in [0, 0.05) is 6.20 Å². The first-order valence-electron chi connectivity index (χ1n) is 5.89. The average Bonchev–Trinajstić information content (AvgIpc) is 3.16. The number of oxazole rings is 1. The molecule has 3 aromatic rings. The zero-order chi connectivity index (χ0) is 13.8. The van der Waals surface area contributed by atoms with Crippen molar-refractivity contribution in [2.45, 2.75) is 6.61 Å². The van der Waals surface area contributed by atoms with Crippen LogP contribution < -0.4 is 0 Å². The van der Waals surface area contributed by atoms with Gasteiger partial charge in [0.1, 0.15) is 24.3 Å². The van der Waals surface area contributed by atoms with Crippen molar-refractivity contribution in [3.63, 3.8) is 0 Å². The molecule has 6 heteroatoms. The van der Waals surface area contributed by atoms with Crippen LogP contribution in [-0.4, -0.2) is 15.9 Å². The number of rotatable bonds is 4. The predicted octanol–water partition coefficient (Wildman–Crippen LogP) is 3.16. The van der Waals surface area contributed by atoms with Gasteiger partial charge in [-0.1, -0.05) is 12.1 Å². The van der Waals surface area contributed by atoms with E-state index in [0.29, 0.717) is 11.6 Å². The molecular weight excluding hydrogens is 276 g/mol. The van der Waals surface area contributed by atoms with Crippen molar-refractivity contribution >= 4 is 17.3 Å². The zero-order valence-corrected chi connectivity index (χ0v) is 11.2. The van der Waals surface area contributed by atoms with Crippen molar-refractivity contribution in [2.24, 2.45) is 0 Å². The molecule has 0 N–H and O–H groups in total. The lowest BCUT2D eigenvalue weighted by molar-refractivity contribution is 0.0461. The molecule has 0 atom stereocenters. The molecule has 0 amide bonds. The summed E-state index contributed by atoms with van der Waals surface area (Å²) in [4.78, 5) is 20.8. The van der Waals surface area contributed by atoms with Crippen molar-refractivity contribution in [3.8, 4) is 10.8 Å². The van der Waals surface area contributed by atoms with Crippen LogP contribution in [-0.2, 0) is 11.3 Å². The summed E-state index contributed by atoms with van der Waals surface area (Å²) in [6.07, 6.45) is 3.03. The summed E-state index contributed by atoms with van der Waals surface area (Å²) >= 11 is 1.54. The summed E-state index contributed by atoms with van der Waals surface area (Å²) in [7, 11) is 0. The first kappa shape index (κ1) is 12.6. The summed E-state index contributed by atoms with van der Waals surface area (Å²) in [6, 6.07) is 8.91. The van der Waals surface area contributed by atoms with Gasteiger partial charge in [0.25, 0.3) is 0 Å². The van der Waals surface area contributed by atoms with Crippen LogP contribution in [0.25, 0.3) is 10.8 Å². The van der Waals surface area contributed by atoms with E-state index in [1.54, 1.807) is 24.4 Å². The van der Waals surface area contributed by atoms with Crippen LogP contribution in [0.5, 0.6) is 0 Å². The Hall–Kier alpha value is -2.47. The first-order chi connectivity index (χ1) is 9.83. The molecular formula is C14H10N2O3S. The Morgan fingerprint density at radius 1 is 1.30 bits per heavy atom. The van der Waals surface area contributed by atoms with Gasteiger partial charge in [-0.15, -0.1) is 11.3 Å².